The molecule has 2 aromatic rings. The summed E-state index contributed by atoms with van der Waals surface area (Å²) in [5.41, 5.74) is 1.14. The average Bonchev–Trinajstić information content (AvgIpc) is 3.21. The van der Waals surface area contributed by atoms with E-state index in [1.54, 1.807) is 18.2 Å². The first kappa shape index (κ1) is 19.3. The van der Waals surface area contributed by atoms with Gasteiger partial charge in [0.2, 0.25) is 16.6 Å². The van der Waals surface area contributed by atoms with Crippen molar-refractivity contribution in [1.29, 1.82) is 5.26 Å². The number of nitrogens with zero attached hydrogens (tertiary/aromatic N) is 3. The molecule has 0 aliphatic carbocycles. The van der Waals surface area contributed by atoms with Crippen LogP contribution in [0.5, 0.6) is 11.5 Å². The maximum atomic E-state index is 12.7. The van der Waals surface area contributed by atoms with Crippen LogP contribution in [0.1, 0.15) is 5.56 Å². The fraction of sp³-hybridized carbons (Fsp3) is 0.286. The maximum absolute atomic E-state index is 12.7. The highest BCUT2D eigenvalue weighted by Crippen LogP contribution is 2.32. The Kier molecular flexibility index (Phi) is 5.43. The Morgan fingerprint density at radius 3 is 2.48 bits per heavy atom. The molecule has 0 spiro atoms. The normalized spacial score (nSPS) is 17.2. The molecule has 0 amide bonds. The Balaban J connectivity index is 1.39. The summed E-state index contributed by atoms with van der Waals surface area (Å²) in [6, 6.07) is 15.8. The summed E-state index contributed by atoms with van der Waals surface area (Å²) in [7, 11) is -3.80. The van der Waals surface area contributed by atoms with Crippen molar-refractivity contribution in [2.75, 3.05) is 33.0 Å². The van der Waals surface area contributed by atoms with Crippen molar-refractivity contribution < 1.29 is 17.9 Å². The molecule has 7 nitrogen and oxygen atoms in total. The third kappa shape index (κ3) is 4.21. The minimum absolute atomic E-state index is 0.134. The number of hydrogen-bond acceptors (Lipinski definition) is 7. The quantitative estimate of drug-likeness (QED) is 0.699. The lowest BCUT2D eigenvalue weighted by Gasteiger charge is -2.34. The van der Waals surface area contributed by atoms with Crippen molar-refractivity contribution >= 4 is 9.84 Å². The van der Waals surface area contributed by atoms with E-state index in [4.69, 9.17) is 9.47 Å². The van der Waals surface area contributed by atoms with E-state index in [0.717, 1.165) is 36.7 Å². The van der Waals surface area contributed by atoms with Crippen molar-refractivity contribution in [2.24, 2.45) is 0 Å². The average molecular weight is 411 g/mol. The lowest BCUT2D eigenvalue weighted by Crippen LogP contribution is -2.43. The molecule has 1 fully saturated rings. The van der Waals surface area contributed by atoms with Gasteiger partial charge in [0.05, 0.1) is 4.90 Å². The highest BCUT2D eigenvalue weighted by Gasteiger charge is 2.23. The van der Waals surface area contributed by atoms with Crippen LogP contribution in [-0.2, 0) is 16.4 Å². The van der Waals surface area contributed by atoms with Gasteiger partial charge in [-0.15, -0.1) is 0 Å². The van der Waals surface area contributed by atoms with E-state index in [2.05, 4.69) is 4.90 Å². The second kappa shape index (κ2) is 8.15. The van der Waals surface area contributed by atoms with Crippen LogP contribution in [0.2, 0.25) is 0 Å². The standard InChI is InChI=1S/C21H21N3O4S/c22-13-19(29(25,26)18-4-2-1-3-5-18)15-24-10-8-23(9-11-24)14-17-6-7-20-21(12-17)28-16-27-20/h1-7,12,15H,8-11,14,16H2/b19-15+. The number of fused-ring (bicyclic) bond motifs is 1. The zero-order chi connectivity index (χ0) is 20.3. The molecule has 0 saturated carbocycles. The smallest absolute Gasteiger partial charge is 0.231 e. The topological polar surface area (TPSA) is 82.9 Å². The summed E-state index contributed by atoms with van der Waals surface area (Å²) < 4.78 is 36.1. The minimum Gasteiger partial charge on any atom is -0.454 e. The molecule has 2 heterocycles. The monoisotopic (exact) mass is 411 g/mol. The molecule has 0 atom stereocenters. The number of rotatable bonds is 5. The Bertz CT molecular complexity index is 1050. The lowest BCUT2D eigenvalue weighted by molar-refractivity contribution is 0.161. The highest BCUT2D eigenvalue weighted by molar-refractivity contribution is 7.95. The van der Waals surface area contributed by atoms with Crippen LogP contribution in [0.3, 0.4) is 0 Å². The SMILES string of the molecule is N#C/C(=C\N1CCN(Cc2ccc3c(c2)OCO3)CC1)S(=O)(=O)c1ccccc1. The zero-order valence-electron chi connectivity index (χ0n) is 15.8. The molecule has 8 heteroatoms. The van der Waals surface area contributed by atoms with E-state index >= 15 is 0 Å². The molecule has 29 heavy (non-hydrogen) atoms. The number of ether oxygens (including phenoxy) is 2. The molecule has 0 radical (unpaired) electrons. The first-order chi connectivity index (χ1) is 14.1. The predicted octanol–water partition coefficient (Wildman–Crippen LogP) is 2.37. The van der Waals surface area contributed by atoms with Gasteiger partial charge in [0, 0.05) is 38.9 Å². The highest BCUT2D eigenvalue weighted by atomic mass is 32.2. The second-order valence-corrected chi connectivity index (χ2v) is 8.84. The van der Waals surface area contributed by atoms with Gasteiger partial charge in [0.1, 0.15) is 6.07 Å². The van der Waals surface area contributed by atoms with E-state index in [0.29, 0.717) is 13.1 Å². The van der Waals surface area contributed by atoms with Gasteiger partial charge in [-0.2, -0.15) is 5.26 Å². The number of benzene rings is 2. The van der Waals surface area contributed by atoms with Gasteiger partial charge >= 0.3 is 0 Å². The second-order valence-electron chi connectivity index (χ2n) is 6.92. The predicted molar refractivity (Wildman–Crippen MR) is 107 cm³/mol. The first-order valence-corrected chi connectivity index (χ1v) is 10.8. The molecule has 1 saturated heterocycles. The zero-order valence-corrected chi connectivity index (χ0v) is 16.6. The van der Waals surface area contributed by atoms with Gasteiger partial charge in [-0.25, -0.2) is 8.42 Å². The van der Waals surface area contributed by atoms with Crippen LogP contribution >= 0.6 is 0 Å². The Morgan fingerprint density at radius 2 is 1.76 bits per heavy atom. The molecule has 150 valence electrons. The van der Waals surface area contributed by atoms with E-state index in [1.165, 1.54) is 18.3 Å². The summed E-state index contributed by atoms with van der Waals surface area (Å²) in [6.07, 6.45) is 1.47. The fourth-order valence-corrected chi connectivity index (χ4v) is 4.58. The first-order valence-electron chi connectivity index (χ1n) is 9.33. The molecule has 4 rings (SSSR count). The summed E-state index contributed by atoms with van der Waals surface area (Å²) in [5.74, 6) is 1.54. The van der Waals surface area contributed by atoms with E-state index in [9.17, 15) is 13.7 Å². The van der Waals surface area contributed by atoms with Gasteiger partial charge in [-0.3, -0.25) is 4.90 Å². The van der Waals surface area contributed by atoms with Crippen LogP contribution in [0.15, 0.2) is 64.5 Å². The van der Waals surface area contributed by atoms with Crippen LogP contribution in [0, 0.1) is 11.3 Å². The number of sulfone groups is 1. The van der Waals surface area contributed by atoms with Crippen molar-refractivity contribution in [2.45, 2.75) is 11.4 Å². The van der Waals surface area contributed by atoms with Crippen LogP contribution in [-0.4, -0.2) is 51.2 Å². The van der Waals surface area contributed by atoms with E-state index in [-0.39, 0.29) is 16.6 Å². The summed E-state index contributed by atoms with van der Waals surface area (Å²) >= 11 is 0. The number of piperazine rings is 1. The van der Waals surface area contributed by atoms with Gasteiger partial charge in [0.15, 0.2) is 16.4 Å². The third-order valence-electron chi connectivity index (χ3n) is 5.00. The molecule has 0 bridgehead atoms. The molecule has 0 aromatic heterocycles. The van der Waals surface area contributed by atoms with Crippen LogP contribution < -0.4 is 9.47 Å². The Hall–Kier alpha value is -3.02. The largest absolute Gasteiger partial charge is 0.454 e. The van der Waals surface area contributed by atoms with Gasteiger partial charge in [0.25, 0.3) is 0 Å². The van der Waals surface area contributed by atoms with Gasteiger partial charge in [-0.1, -0.05) is 24.3 Å². The number of nitriles is 1. The fourth-order valence-electron chi connectivity index (χ4n) is 3.40. The maximum Gasteiger partial charge on any atom is 0.231 e. The molecular weight excluding hydrogens is 390 g/mol. The molecular formula is C21H21N3O4S. The van der Waals surface area contributed by atoms with Crippen LogP contribution in [0.25, 0.3) is 0 Å². The molecule has 2 aromatic carbocycles. The van der Waals surface area contributed by atoms with Crippen molar-refractivity contribution in [3.63, 3.8) is 0 Å². The lowest BCUT2D eigenvalue weighted by atomic mass is 10.1. The Morgan fingerprint density at radius 1 is 1.03 bits per heavy atom. The number of hydrogen-bond donors (Lipinski definition) is 0. The van der Waals surface area contributed by atoms with Gasteiger partial charge < -0.3 is 14.4 Å². The summed E-state index contributed by atoms with van der Waals surface area (Å²) in [5, 5.41) is 9.42. The molecule has 2 aliphatic heterocycles. The molecule has 0 unspecified atom stereocenters. The summed E-state index contributed by atoms with van der Waals surface area (Å²) in [4.78, 5) is 4.09. The molecule has 2 aliphatic rings. The van der Waals surface area contributed by atoms with E-state index in [1.807, 2.05) is 29.2 Å². The van der Waals surface area contributed by atoms with E-state index < -0.39 is 9.84 Å². The van der Waals surface area contributed by atoms with Crippen molar-refractivity contribution in [1.82, 2.24) is 9.80 Å². The minimum atomic E-state index is -3.80. The Labute approximate surface area is 170 Å². The van der Waals surface area contributed by atoms with Crippen LogP contribution in [0.4, 0.5) is 0 Å². The summed E-state index contributed by atoms with van der Waals surface area (Å²) in [6.45, 7) is 3.89. The van der Waals surface area contributed by atoms with Crippen molar-refractivity contribution in [3.05, 3.63) is 65.2 Å². The third-order valence-corrected chi connectivity index (χ3v) is 6.67. The number of allylic oxidation sites excluding steroid dienone is 1. The van der Waals surface area contributed by atoms with Crippen molar-refractivity contribution in [3.8, 4) is 17.6 Å². The molecule has 0 N–H and O–H groups in total. The van der Waals surface area contributed by atoms with Gasteiger partial charge in [-0.05, 0) is 29.8 Å².